The molecule has 0 aliphatic carbocycles. The Morgan fingerprint density at radius 2 is 1.88 bits per heavy atom. The van der Waals surface area contributed by atoms with E-state index in [-0.39, 0.29) is 24.0 Å². The Bertz CT molecular complexity index is 1350. The van der Waals surface area contributed by atoms with Crippen molar-refractivity contribution in [2.45, 2.75) is 45.8 Å². The predicted molar refractivity (Wildman–Crippen MR) is 130 cm³/mol. The van der Waals surface area contributed by atoms with Gasteiger partial charge >= 0.3 is 0 Å². The molecule has 2 aromatic heterocycles. The molecule has 8 heteroatoms. The van der Waals surface area contributed by atoms with E-state index in [2.05, 4.69) is 31.0 Å². The number of aryl methyl sites for hydroxylation is 3. The average molecular weight is 463 g/mol. The largest absolute Gasteiger partial charge is 0.467 e. The van der Waals surface area contributed by atoms with Crippen LogP contribution in [0.15, 0.2) is 47.5 Å². The first-order chi connectivity index (χ1) is 16.0. The summed E-state index contributed by atoms with van der Waals surface area (Å²) in [6, 6.07) is 11.5. The van der Waals surface area contributed by atoms with Gasteiger partial charge in [0.25, 0.3) is 10.8 Å². The van der Waals surface area contributed by atoms with Gasteiger partial charge in [-0.25, -0.2) is 9.97 Å². The van der Waals surface area contributed by atoms with E-state index in [9.17, 15) is 9.59 Å². The monoisotopic (exact) mass is 462 g/mol. The number of carbonyl (C=O) groups excluding carboxylic acids is 1. The highest BCUT2D eigenvalue weighted by atomic mass is 32.1. The number of nitrogens with zero attached hydrogens (tertiary/aromatic N) is 4. The van der Waals surface area contributed by atoms with Crippen molar-refractivity contribution in [3.63, 3.8) is 0 Å². The van der Waals surface area contributed by atoms with Gasteiger partial charge in [-0.3, -0.25) is 14.2 Å². The van der Waals surface area contributed by atoms with Crippen LogP contribution in [-0.2, 0) is 11.3 Å². The summed E-state index contributed by atoms with van der Waals surface area (Å²) >= 11 is 1.59. The Kier molecular flexibility index (Phi) is 5.85. The van der Waals surface area contributed by atoms with E-state index in [1.807, 2.05) is 23.1 Å². The average Bonchev–Trinajstić information content (AvgIpc) is 3.27. The fourth-order valence-electron chi connectivity index (χ4n) is 4.30. The summed E-state index contributed by atoms with van der Waals surface area (Å²) < 4.78 is 8.88. The maximum absolute atomic E-state index is 12.7. The van der Waals surface area contributed by atoms with Gasteiger partial charge in [-0.1, -0.05) is 35.6 Å². The van der Waals surface area contributed by atoms with Crippen molar-refractivity contribution in [1.82, 2.24) is 19.4 Å². The molecule has 1 aliphatic heterocycles. The van der Waals surface area contributed by atoms with E-state index in [0.29, 0.717) is 35.7 Å². The molecule has 0 spiro atoms. The minimum atomic E-state index is -0.109. The maximum atomic E-state index is 12.7. The molecule has 3 heterocycles. The van der Waals surface area contributed by atoms with Gasteiger partial charge < -0.3 is 9.64 Å². The minimum absolute atomic E-state index is 0.0553. The maximum Gasteiger partial charge on any atom is 0.274 e. The number of rotatable bonds is 5. The Labute approximate surface area is 195 Å². The molecular weight excluding hydrogens is 436 g/mol. The molecular formula is C25H26N4O3S. The summed E-state index contributed by atoms with van der Waals surface area (Å²) in [5.41, 5.74) is 3.94. The van der Waals surface area contributed by atoms with Crippen LogP contribution < -0.4 is 10.3 Å². The van der Waals surface area contributed by atoms with Crippen LogP contribution in [0.4, 0.5) is 0 Å². The van der Waals surface area contributed by atoms with Crippen molar-refractivity contribution in [3.05, 3.63) is 64.2 Å². The molecule has 1 saturated heterocycles. The number of carbonyl (C=O) groups is 1. The van der Waals surface area contributed by atoms with Gasteiger partial charge in [-0.05, 0) is 37.1 Å². The van der Waals surface area contributed by atoms with Crippen molar-refractivity contribution in [2.24, 2.45) is 0 Å². The first kappa shape index (κ1) is 21.6. The normalized spacial score (nSPS) is 14.8. The molecule has 0 saturated carbocycles. The molecule has 0 radical (unpaired) electrons. The lowest BCUT2D eigenvalue weighted by molar-refractivity contribution is -0.133. The number of ether oxygens (including phenoxy) is 1. The van der Waals surface area contributed by atoms with Crippen LogP contribution in [0.5, 0.6) is 5.19 Å². The summed E-state index contributed by atoms with van der Waals surface area (Å²) in [6.45, 7) is 5.79. The number of thiazole rings is 1. The first-order valence-corrected chi connectivity index (χ1v) is 12.1. The lowest BCUT2D eigenvalue weighted by Crippen LogP contribution is -2.42. The van der Waals surface area contributed by atoms with E-state index in [1.165, 1.54) is 21.2 Å². The molecule has 5 rings (SSSR count). The third kappa shape index (κ3) is 4.35. The van der Waals surface area contributed by atoms with Gasteiger partial charge in [0, 0.05) is 38.9 Å². The number of para-hydroxylation sites is 1. The molecule has 1 fully saturated rings. The lowest BCUT2D eigenvalue weighted by Gasteiger charge is -2.31. The molecule has 170 valence electrons. The fraction of sp³-hybridized carbons (Fsp3) is 0.360. The molecule has 0 bridgehead atoms. The molecule has 2 aromatic carbocycles. The second-order valence-electron chi connectivity index (χ2n) is 8.57. The number of amides is 1. The summed E-state index contributed by atoms with van der Waals surface area (Å²) in [7, 11) is 0. The zero-order valence-corrected chi connectivity index (χ0v) is 19.6. The number of benzene rings is 2. The van der Waals surface area contributed by atoms with Crippen LogP contribution in [0.2, 0.25) is 0 Å². The van der Waals surface area contributed by atoms with E-state index < -0.39 is 0 Å². The van der Waals surface area contributed by atoms with E-state index in [1.54, 1.807) is 17.4 Å². The summed E-state index contributed by atoms with van der Waals surface area (Å²) in [5.74, 6) is 0.0553. The molecule has 33 heavy (non-hydrogen) atoms. The molecule has 0 unspecified atom stereocenters. The van der Waals surface area contributed by atoms with Crippen LogP contribution in [-0.4, -0.2) is 44.5 Å². The van der Waals surface area contributed by atoms with E-state index >= 15 is 0 Å². The Hall–Kier alpha value is -3.26. The summed E-state index contributed by atoms with van der Waals surface area (Å²) in [5, 5.41) is 1.28. The quantitative estimate of drug-likeness (QED) is 0.447. The smallest absolute Gasteiger partial charge is 0.274 e. The number of hydrogen-bond donors (Lipinski definition) is 0. The molecule has 1 amide bonds. The predicted octanol–water partition coefficient (Wildman–Crippen LogP) is 4.08. The Balaban J connectivity index is 1.16. The number of fused-ring (bicyclic) bond motifs is 2. The van der Waals surface area contributed by atoms with Gasteiger partial charge in [0.2, 0.25) is 5.91 Å². The molecule has 0 N–H and O–H groups in total. The number of aromatic nitrogens is 3. The van der Waals surface area contributed by atoms with Gasteiger partial charge in [0.15, 0.2) is 0 Å². The third-order valence-electron chi connectivity index (χ3n) is 6.28. The molecule has 1 aliphatic rings. The zero-order chi connectivity index (χ0) is 22.9. The highest BCUT2D eigenvalue weighted by Gasteiger charge is 2.25. The van der Waals surface area contributed by atoms with Gasteiger partial charge in [-0.2, -0.15) is 0 Å². The van der Waals surface area contributed by atoms with E-state index in [4.69, 9.17) is 9.72 Å². The zero-order valence-electron chi connectivity index (χ0n) is 18.8. The van der Waals surface area contributed by atoms with E-state index in [0.717, 1.165) is 23.9 Å². The number of hydrogen-bond acceptors (Lipinski definition) is 6. The molecule has 4 aromatic rings. The number of piperidine rings is 1. The lowest BCUT2D eigenvalue weighted by atomic mass is 10.1. The Morgan fingerprint density at radius 1 is 1.12 bits per heavy atom. The molecule has 0 atom stereocenters. The van der Waals surface area contributed by atoms with Crippen molar-refractivity contribution < 1.29 is 9.53 Å². The van der Waals surface area contributed by atoms with Crippen LogP contribution in [0.3, 0.4) is 0 Å². The van der Waals surface area contributed by atoms with Crippen molar-refractivity contribution in [2.75, 3.05) is 13.1 Å². The van der Waals surface area contributed by atoms with Crippen molar-refractivity contribution in [3.8, 4) is 5.19 Å². The van der Waals surface area contributed by atoms with Gasteiger partial charge in [0.05, 0.1) is 27.4 Å². The summed E-state index contributed by atoms with van der Waals surface area (Å²) in [4.78, 5) is 36.2. The van der Waals surface area contributed by atoms with Gasteiger partial charge in [-0.15, -0.1) is 0 Å². The number of likely N-dealkylation sites (tertiary alicyclic amines) is 1. The fourth-order valence-corrected chi connectivity index (χ4v) is 5.32. The highest BCUT2D eigenvalue weighted by molar-refractivity contribution is 7.20. The molecule has 7 nitrogen and oxygen atoms in total. The Morgan fingerprint density at radius 3 is 2.67 bits per heavy atom. The van der Waals surface area contributed by atoms with Crippen LogP contribution in [0.1, 0.15) is 30.4 Å². The van der Waals surface area contributed by atoms with Crippen LogP contribution >= 0.6 is 11.3 Å². The van der Waals surface area contributed by atoms with Crippen LogP contribution in [0, 0.1) is 13.8 Å². The van der Waals surface area contributed by atoms with Gasteiger partial charge in [0.1, 0.15) is 6.10 Å². The van der Waals surface area contributed by atoms with Crippen LogP contribution in [0.25, 0.3) is 21.1 Å². The first-order valence-electron chi connectivity index (χ1n) is 11.2. The van der Waals surface area contributed by atoms with Crippen molar-refractivity contribution >= 4 is 38.4 Å². The topological polar surface area (TPSA) is 77.3 Å². The highest BCUT2D eigenvalue weighted by Crippen LogP contribution is 2.33. The second kappa shape index (κ2) is 8.94. The third-order valence-corrected chi connectivity index (χ3v) is 7.36. The van der Waals surface area contributed by atoms with Crippen molar-refractivity contribution in [1.29, 1.82) is 0 Å². The standard InChI is InChI=1S/C25H26N4O3S/c1-16-7-8-17(2)23-22(16)27-25(33-23)32-18-9-12-28(13-10-18)21(30)11-14-29-15-26-20-6-4-3-5-19(20)24(29)31/h3-8,15,18H,9-14H2,1-2H3. The SMILES string of the molecule is Cc1ccc(C)c2sc(OC3CCN(C(=O)CCn4cnc5ccccc5c4=O)CC3)nc12. The second-order valence-corrected chi connectivity index (χ2v) is 9.53. The minimum Gasteiger partial charge on any atom is -0.467 e. The summed E-state index contributed by atoms with van der Waals surface area (Å²) in [6.07, 6.45) is 3.41.